The average Bonchev–Trinajstić information content (AvgIpc) is 2.75. The van der Waals surface area contributed by atoms with Gasteiger partial charge in [-0.25, -0.2) is 9.59 Å². The molecule has 0 radical (unpaired) electrons. The summed E-state index contributed by atoms with van der Waals surface area (Å²) in [5, 5.41) is 12.4. The number of nitrogens with one attached hydrogen (secondary N) is 1. The Bertz CT molecular complexity index is 1150. The normalized spacial score (nSPS) is 14.0. The van der Waals surface area contributed by atoms with E-state index in [0.717, 1.165) is 16.5 Å². The van der Waals surface area contributed by atoms with Gasteiger partial charge in [0.25, 0.3) is 0 Å². The predicted octanol–water partition coefficient (Wildman–Crippen LogP) is 2.62. The topological polar surface area (TPSA) is 101 Å². The summed E-state index contributed by atoms with van der Waals surface area (Å²) in [5.74, 6) is -1.38. The van der Waals surface area contributed by atoms with Crippen LogP contribution in [0.1, 0.15) is 10.4 Å². The third kappa shape index (κ3) is 3.57. The summed E-state index contributed by atoms with van der Waals surface area (Å²) < 4.78 is 6.55. The Hall–Kier alpha value is -3.65. The van der Waals surface area contributed by atoms with Crippen LogP contribution < -0.4 is 15.6 Å². The first-order valence-electron chi connectivity index (χ1n) is 9.17. The fourth-order valence-electron chi connectivity index (χ4n) is 3.43. The number of pyridine rings is 1. The zero-order valence-electron chi connectivity index (χ0n) is 15.5. The number of carbonyl (C=O) groups is 2. The van der Waals surface area contributed by atoms with Gasteiger partial charge in [-0.15, -0.1) is 0 Å². The van der Waals surface area contributed by atoms with Crippen LogP contribution in [-0.2, 0) is 4.74 Å². The Labute approximate surface area is 165 Å². The first-order chi connectivity index (χ1) is 14.1. The molecular weight excluding hydrogens is 374 g/mol. The third-order valence-corrected chi connectivity index (χ3v) is 4.86. The van der Waals surface area contributed by atoms with Crippen molar-refractivity contribution in [1.29, 1.82) is 0 Å². The minimum atomic E-state index is -1.38. The lowest BCUT2D eigenvalue weighted by Gasteiger charge is -2.30. The van der Waals surface area contributed by atoms with E-state index >= 15 is 0 Å². The van der Waals surface area contributed by atoms with Crippen molar-refractivity contribution in [3.05, 3.63) is 70.5 Å². The SMILES string of the molecule is O=C(O)c1cn(C(=O)Nc2ccccc2N2CCOCC2)c2ccccc2c1=O. The minimum Gasteiger partial charge on any atom is -0.477 e. The number of benzene rings is 2. The molecule has 1 fully saturated rings. The maximum Gasteiger partial charge on any atom is 0.341 e. The average molecular weight is 393 g/mol. The first kappa shape index (κ1) is 18.7. The molecule has 148 valence electrons. The lowest BCUT2D eigenvalue weighted by atomic mass is 10.1. The van der Waals surface area contributed by atoms with E-state index in [1.807, 2.05) is 18.2 Å². The summed E-state index contributed by atoms with van der Waals surface area (Å²) in [6, 6.07) is 13.3. The fourth-order valence-corrected chi connectivity index (χ4v) is 3.43. The zero-order valence-corrected chi connectivity index (χ0v) is 15.5. The molecule has 3 aromatic rings. The van der Waals surface area contributed by atoms with Crippen LogP contribution in [0, 0.1) is 0 Å². The second kappa shape index (κ2) is 7.76. The summed E-state index contributed by atoms with van der Waals surface area (Å²) in [5.41, 5.74) is 0.710. The number of nitrogens with zero attached hydrogens (tertiary/aromatic N) is 2. The number of amides is 1. The van der Waals surface area contributed by atoms with Crippen molar-refractivity contribution in [3.63, 3.8) is 0 Å². The van der Waals surface area contributed by atoms with Gasteiger partial charge in [-0.3, -0.25) is 9.36 Å². The van der Waals surface area contributed by atoms with Gasteiger partial charge in [-0.05, 0) is 24.3 Å². The zero-order chi connectivity index (χ0) is 20.4. The standard InChI is InChI=1S/C21H19N3O5/c25-19-14-5-1-3-7-17(14)24(13-15(19)20(26)27)21(28)22-16-6-2-4-8-18(16)23-9-11-29-12-10-23/h1-8,13H,9-12H2,(H,22,28)(H,26,27). The van der Waals surface area contributed by atoms with Crippen molar-refractivity contribution in [1.82, 2.24) is 4.57 Å². The number of carboxylic acids is 1. The molecule has 0 aliphatic carbocycles. The maximum absolute atomic E-state index is 13.1. The largest absolute Gasteiger partial charge is 0.477 e. The number of anilines is 2. The molecule has 1 aliphatic heterocycles. The van der Waals surface area contributed by atoms with Gasteiger partial charge in [0.1, 0.15) is 5.56 Å². The molecular formula is C21H19N3O5. The minimum absolute atomic E-state index is 0.170. The van der Waals surface area contributed by atoms with E-state index in [1.165, 1.54) is 6.07 Å². The van der Waals surface area contributed by atoms with E-state index in [9.17, 15) is 19.5 Å². The van der Waals surface area contributed by atoms with E-state index in [1.54, 1.807) is 24.3 Å². The number of ether oxygens (including phenoxy) is 1. The molecule has 0 unspecified atom stereocenters. The van der Waals surface area contributed by atoms with Crippen molar-refractivity contribution < 1.29 is 19.4 Å². The smallest absolute Gasteiger partial charge is 0.341 e. The van der Waals surface area contributed by atoms with Crippen molar-refractivity contribution in [3.8, 4) is 0 Å². The lowest BCUT2D eigenvalue weighted by molar-refractivity contribution is 0.0695. The molecule has 1 saturated heterocycles. The molecule has 0 spiro atoms. The van der Waals surface area contributed by atoms with Crippen LogP contribution in [0.4, 0.5) is 16.2 Å². The number of carbonyl (C=O) groups excluding carboxylic acids is 1. The van der Waals surface area contributed by atoms with Crippen molar-refractivity contribution >= 4 is 34.3 Å². The van der Waals surface area contributed by atoms with E-state index in [4.69, 9.17) is 4.74 Å². The number of hydrogen-bond donors (Lipinski definition) is 2. The highest BCUT2D eigenvalue weighted by Crippen LogP contribution is 2.27. The Kier molecular flexibility index (Phi) is 5.01. The molecule has 29 heavy (non-hydrogen) atoms. The van der Waals surface area contributed by atoms with Gasteiger partial charge >= 0.3 is 12.0 Å². The highest BCUT2D eigenvalue weighted by Gasteiger charge is 2.20. The van der Waals surface area contributed by atoms with E-state index in [2.05, 4.69) is 10.2 Å². The molecule has 8 heteroatoms. The highest BCUT2D eigenvalue weighted by atomic mass is 16.5. The number of para-hydroxylation sites is 3. The van der Waals surface area contributed by atoms with Gasteiger partial charge in [-0.2, -0.15) is 0 Å². The molecule has 0 saturated carbocycles. The lowest BCUT2D eigenvalue weighted by Crippen LogP contribution is -2.37. The second-order valence-corrected chi connectivity index (χ2v) is 6.61. The van der Waals surface area contributed by atoms with Gasteiger partial charge in [0.05, 0.1) is 30.1 Å². The molecule has 2 aromatic carbocycles. The molecule has 2 heterocycles. The molecule has 0 bridgehead atoms. The highest BCUT2D eigenvalue weighted by molar-refractivity contribution is 6.02. The van der Waals surface area contributed by atoms with E-state index in [-0.39, 0.29) is 5.39 Å². The molecule has 4 rings (SSSR count). The molecule has 1 amide bonds. The third-order valence-electron chi connectivity index (χ3n) is 4.86. The van der Waals surface area contributed by atoms with Crippen molar-refractivity contribution in [2.24, 2.45) is 0 Å². The molecule has 2 N–H and O–H groups in total. The van der Waals surface area contributed by atoms with Crippen LogP contribution in [0.2, 0.25) is 0 Å². The quantitative estimate of drug-likeness (QED) is 0.709. The fraction of sp³-hybridized carbons (Fsp3) is 0.190. The number of aromatic carboxylic acids is 1. The second-order valence-electron chi connectivity index (χ2n) is 6.61. The van der Waals surface area contributed by atoms with Gasteiger partial charge < -0.3 is 20.1 Å². The Morgan fingerprint density at radius 2 is 1.69 bits per heavy atom. The monoisotopic (exact) mass is 393 g/mol. The van der Waals surface area contributed by atoms with Gasteiger partial charge in [-0.1, -0.05) is 24.3 Å². The van der Waals surface area contributed by atoms with Crippen molar-refractivity contribution in [2.45, 2.75) is 0 Å². The van der Waals surface area contributed by atoms with Gasteiger partial charge in [0, 0.05) is 24.7 Å². The Morgan fingerprint density at radius 3 is 2.45 bits per heavy atom. The Morgan fingerprint density at radius 1 is 1.00 bits per heavy atom. The number of fused-ring (bicyclic) bond motifs is 1. The van der Waals surface area contributed by atoms with Crippen LogP contribution in [0.5, 0.6) is 0 Å². The van der Waals surface area contributed by atoms with Crippen LogP contribution in [0.3, 0.4) is 0 Å². The predicted molar refractivity (Wildman–Crippen MR) is 109 cm³/mol. The summed E-state index contributed by atoms with van der Waals surface area (Å²) in [6.07, 6.45) is 1.07. The summed E-state index contributed by atoms with van der Waals surface area (Å²) >= 11 is 0. The summed E-state index contributed by atoms with van der Waals surface area (Å²) in [6.45, 7) is 2.62. The van der Waals surface area contributed by atoms with Crippen LogP contribution in [0.15, 0.2) is 59.5 Å². The van der Waals surface area contributed by atoms with Crippen molar-refractivity contribution in [2.75, 3.05) is 36.5 Å². The van der Waals surface area contributed by atoms with Gasteiger partial charge in [0.15, 0.2) is 0 Å². The Balaban J connectivity index is 1.75. The van der Waals surface area contributed by atoms with Crippen LogP contribution >= 0.6 is 0 Å². The van der Waals surface area contributed by atoms with E-state index < -0.39 is 23.0 Å². The summed E-state index contributed by atoms with van der Waals surface area (Å²) in [4.78, 5) is 39.1. The number of aromatic nitrogens is 1. The number of rotatable bonds is 3. The maximum atomic E-state index is 13.1. The number of carboxylic acid groups (broad SMARTS) is 1. The number of hydrogen-bond acceptors (Lipinski definition) is 5. The van der Waals surface area contributed by atoms with Crippen LogP contribution in [0.25, 0.3) is 10.9 Å². The van der Waals surface area contributed by atoms with Gasteiger partial charge in [0.2, 0.25) is 5.43 Å². The first-order valence-corrected chi connectivity index (χ1v) is 9.17. The van der Waals surface area contributed by atoms with Crippen LogP contribution in [-0.4, -0.2) is 48.0 Å². The number of morpholine rings is 1. The summed E-state index contributed by atoms with van der Waals surface area (Å²) in [7, 11) is 0. The van der Waals surface area contributed by atoms with E-state index in [0.29, 0.717) is 37.5 Å². The molecule has 1 aliphatic rings. The molecule has 8 nitrogen and oxygen atoms in total. The molecule has 1 aromatic heterocycles. The molecule has 0 atom stereocenters.